The molecule has 0 unspecified atom stereocenters. The molecule has 7 nitrogen and oxygen atoms in total. The quantitative estimate of drug-likeness (QED) is 0.620. The number of aromatic nitrogens is 2. The van der Waals surface area contributed by atoms with Crippen LogP contribution in [0.15, 0.2) is 67.1 Å². The first-order chi connectivity index (χ1) is 15.6. The van der Waals surface area contributed by atoms with Crippen LogP contribution in [0, 0.1) is 11.7 Å². The predicted molar refractivity (Wildman–Crippen MR) is 121 cm³/mol. The van der Waals surface area contributed by atoms with Crippen molar-refractivity contribution < 1.29 is 14.0 Å². The van der Waals surface area contributed by atoms with E-state index in [1.54, 1.807) is 18.6 Å². The Hall–Kier alpha value is -3.81. The molecule has 2 N–H and O–H groups in total. The lowest BCUT2D eigenvalue weighted by Gasteiger charge is -2.31. The number of carbonyl (C=O) groups excluding carboxylic acids is 2. The highest BCUT2D eigenvalue weighted by Crippen LogP contribution is 2.24. The van der Waals surface area contributed by atoms with E-state index in [0.717, 1.165) is 11.4 Å². The highest BCUT2D eigenvalue weighted by Gasteiger charge is 2.26. The second-order valence-electron chi connectivity index (χ2n) is 7.72. The number of halogens is 1. The highest BCUT2D eigenvalue weighted by atomic mass is 19.1. The van der Waals surface area contributed by atoms with Crippen molar-refractivity contribution in [1.29, 1.82) is 0 Å². The molecule has 1 aromatic heterocycles. The molecule has 1 saturated heterocycles. The van der Waals surface area contributed by atoms with Gasteiger partial charge in [0.05, 0.1) is 18.3 Å². The van der Waals surface area contributed by atoms with E-state index in [1.807, 2.05) is 30.3 Å². The monoisotopic (exact) mass is 433 g/mol. The molecule has 164 valence electrons. The Morgan fingerprint density at radius 3 is 2.53 bits per heavy atom. The van der Waals surface area contributed by atoms with Gasteiger partial charge in [-0.3, -0.25) is 14.6 Å². The van der Waals surface area contributed by atoms with Crippen molar-refractivity contribution in [2.24, 2.45) is 5.92 Å². The molecule has 0 saturated carbocycles. The zero-order valence-electron chi connectivity index (χ0n) is 17.5. The zero-order chi connectivity index (χ0) is 22.3. The summed E-state index contributed by atoms with van der Waals surface area (Å²) in [6.45, 7) is 1.42. The van der Waals surface area contributed by atoms with Gasteiger partial charge in [0.1, 0.15) is 11.6 Å². The molecular formula is C24H24FN5O2. The minimum atomic E-state index is -0.554. The Morgan fingerprint density at radius 2 is 1.81 bits per heavy atom. The first kappa shape index (κ1) is 21.4. The van der Waals surface area contributed by atoms with Gasteiger partial charge < -0.3 is 15.5 Å². The van der Waals surface area contributed by atoms with Crippen LogP contribution in [0.25, 0.3) is 0 Å². The smallest absolute Gasteiger partial charge is 0.228 e. The molecule has 32 heavy (non-hydrogen) atoms. The zero-order valence-corrected chi connectivity index (χ0v) is 17.5. The van der Waals surface area contributed by atoms with E-state index in [1.165, 1.54) is 18.2 Å². The fourth-order valence-corrected chi connectivity index (χ4v) is 3.74. The Balaban J connectivity index is 1.33. The van der Waals surface area contributed by atoms with Crippen molar-refractivity contribution in [2.75, 3.05) is 28.6 Å². The number of benzene rings is 2. The van der Waals surface area contributed by atoms with E-state index in [2.05, 4.69) is 25.5 Å². The normalized spacial score (nSPS) is 14.1. The molecule has 2 amide bonds. The Labute approximate surface area is 185 Å². The van der Waals surface area contributed by atoms with Crippen molar-refractivity contribution in [3.8, 4) is 0 Å². The molecule has 2 heterocycles. The summed E-state index contributed by atoms with van der Waals surface area (Å²) in [5.74, 6) is -0.335. The summed E-state index contributed by atoms with van der Waals surface area (Å²) >= 11 is 0. The maximum absolute atomic E-state index is 14.2. The summed E-state index contributed by atoms with van der Waals surface area (Å²) in [5, 5.41) is 5.44. The van der Waals surface area contributed by atoms with Crippen LogP contribution in [0.3, 0.4) is 0 Å². The third kappa shape index (κ3) is 5.46. The van der Waals surface area contributed by atoms with Crippen LogP contribution in [0.2, 0.25) is 0 Å². The van der Waals surface area contributed by atoms with Gasteiger partial charge in [-0.2, -0.15) is 0 Å². The number of nitrogens with zero attached hydrogens (tertiary/aromatic N) is 3. The van der Waals surface area contributed by atoms with E-state index in [4.69, 9.17) is 0 Å². The standard InChI is InChI=1S/C24H24FN5O2/c25-20-7-6-19(15-21(20)29-23(31)14-17-4-2-1-3-5-17)28-24(32)18-8-12-30(13-9-18)22-16-26-10-11-27-22/h1-7,10-11,15-16,18H,8-9,12-14H2,(H,28,32)(H,29,31). The van der Waals surface area contributed by atoms with Crippen LogP contribution < -0.4 is 15.5 Å². The van der Waals surface area contributed by atoms with Gasteiger partial charge in [-0.1, -0.05) is 30.3 Å². The SMILES string of the molecule is O=C(Cc1ccccc1)Nc1cc(NC(=O)C2CCN(c3cnccn3)CC2)ccc1F. The summed E-state index contributed by atoms with van der Waals surface area (Å²) in [6, 6.07) is 13.4. The van der Waals surface area contributed by atoms with E-state index in [0.29, 0.717) is 31.6 Å². The Bertz CT molecular complexity index is 1070. The number of rotatable bonds is 6. The molecule has 2 aromatic carbocycles. The van der Waals surface area contributed by atoms with Crippen LogP contribution in [0.1, 0.15) is 18.4 Å². The molecule has 1 aliphatic rings. The van der Waals surface area contributed by atoms with E-state index >= 15 is 0 Å². The lowest BCUT2D eigenvalue weighted by molar-refractivity contribution is -0.120. The Morgan fingerprint density at radius 1 is 1.03 bits per heavy atom. The van der Waals surface area contributed by atoms with Gasteiger partial charge >= 0.3 is 0 Å². The average molecular weight is 433 g/mol. The van der Waals surface area contributed by atoms with Gasteiger partial charge in [0.2, 0.25) is 11.8 Å². The third-order valence-corrected chi connectivity index (χ3v) is 5.45. The molecule has 8 heteroatoms. The van der Waals surface area contributed by atoms with E-state index < -0.39 is 5.82 Å². The number of nitrogens with one attached hydrogen (secondary N) is 2. The van der Waals surface area contributed by atoms with Gasteiger partial charge in [-0.25, -0.2) is 9.37 Å². The van der Waals surface area contributed by atoms with Crippen molar-refractivity contribution in [3.05, 3.63) is 78.5 Å². The molecule has 4 rings (SSSR count). The number of hydrogen-bond acceptors (Lipinski definition) is 5. The lowest BCUT2D eigenvalue weighted by Crippen LogP contribution is -2.38. The second-order valence-corrected chi connectivity index (χ2v) is 7.72. The van der Waals surface area contributed by atoms with Crippen molar-refractivity contribution in [3.63, 3.8) is 0 Å². The minimum Gasteiger partial charge on any atom is -0.355 e. The third-order valence-electron chi connectivity index (χ3n) is 5.45. The predicted octanol–water partition coefficient (Wildman–Crippen LogP) is 3.65. The topological polar surface area (TPSA) is 87.2 Å². The molecule has 1 fully saturated rings. The summed E-state index contributed by atoms with van der Waals surface area (Å²) in [4.78, 5) is 35.5. The maximum atomic E-state index is 14.2. The lowest BCUT2D eigenvalue weighted by atomic mass is 9.96. The van der Waals surface area contributed by atoms with E-state index in [-0.39, 0.29) is 29.8 Å². The van der Waals surface area contributed by atoms with Gasteiger partial charge in [0.15, 0.2) is 0 Å². The van der Waals surface area contributed by atoms with Crippen molar-refractivity contribution in [2.45, 2.75) is 19.3 Å². The van der Waals surface area contributed by atoms with Crippen LogP contribution >= 0.6 is 0 Å². The number of amides is 2. The van der Waals surface area contributed by atoms with Crippen LogP contribution in [-0.2, 0) is 16.0 Å². The molecule has 0 atom stereocenters. The van der Waals surface area contributed by atoms with Crippen LogP contribution in [-0.4, -0.2) is 34.9 Å². The van der Waals surface area contributed by atoms with Crippen LogP contribution in [0.5, 0.6) is 0 Å². The fourth-order valence-electron chi connectivity index (χ4n) is 3.74. The summed E-state index contributed by atoms with van der Waals surface area (Å²) in [5.41, 5.74) is 1.33. The summed E-state index contributed by atoms with van der Waals surface area (Å²) in [6.07, 6.45) is 6.51. The summed E-state index contributed by atoms with van der Waals surface area (Å²) in [7, 11) is 0. The van der Waals surface area contributed by atoms with Crippen molar-refractivity contribution in [1.82, 2.24) is 9.97 Å². The maximum Gasteiger partial charge on any atom is 0.228 e. The van der Waals surface area contributed by atoms with Gasteiger partial charge in [0, 0.05) is 37.1 Å². The minimum absolute atomic E-state index is 0.0428. The van der Waals surface area contributed by atoms with Gasteiger partial charge in [0.25, 0.3) is 0 Å². The second kappa shape index (κ2) is 10.00. The molecule has 0 radical (unpaired) electrons. The average Bonchev–Trinajstić information content (AvgIpc) is 2.82. The van der Waals surface area contributed by atoms with Crippen LogP contribution in [0.4, 0.5) is 21.6 Å². The number of hydrogen-bond donors (Lipinski definition) is 2. The van der Waals surface area contributed by atoms with Crippen molar-refractivity contribution >= 4 is 29.0 Å². The van der Waals surface area contributed by atoms with E-state index in [9.17, 15) is 14.0 Å². The van der Waals surface area contributed by atoms with Gasteiger partial charge in [-0.05, 0) is 36.6 Å². The molecule has 0 aliphatic carbocycles. The largest absolute Gasteiger partial charge is 0.355 e. The molecule has 1 aliphatic heterocycles. The Kier molecular flexibility index (Phi) is 6.69. The highest BCUT2D eigenvalue weighted by molar-refractivity contribution is 5.95. The summed E-state index contributed by atoms with van der Waals surface area (Å²) < 4.78 is 14.2. The fraction of sp³-hybridized carbons (Fsp3) is 0.250. The number of carbonyl (C=O) groups is 2. The molecule has 0 spiro atoms. The molecule has 0 bridgehead atoms. The number of anilines is 3. The molecular weight excluding hydrogens is 409 g/mol. The number of piperidine rings is 1. The first-order valence-electron chi connectivity index (χ1n) is 10.5. The molecule has 3 aromatic rings. The first-order valence-corrected chi connectivity index (χ1v) is 10.5. The van der Waals surface area contributed by atoms with Gasteiger partial charge in [-0.15, -0.1) is 0 Å².